The van der Waals surface area contributed by atoms with Gasteiger partial charge in [-0.3, -0.25) is 4.79 Å². The number of halogens is 1. The third kappa shape index (κ3) is 5.49. The third-order valence-corrected chi connectivity index (χ3v) is 4.02. The van der Waals surface area contributed by atoms with E-state index in [2.05, 4.69) is 27.9 Å². The Bertz CT molecular complexity index is 818. The molecule has 25 heavy (non-hydrogen) atoms. The quantitative estimate of drug-likeness (QED) is 0.538. The Labute approximate surface area is 159 Å². The van der Waals surface area contributed by atoms with Crippen LogP contribution in [0.3, 0.4) is 0 Å². The first kappa shape index (κ1) is 17.3. The molecule has 1 amide bonds. The topological polar surface area (TPSA) is 47.6 Å². The van der Waals surface area contributed by atoms with Gasteiger partial charge in [0.1, 0.15) is 17.2 Å². The summed E-state index contributed by atoms with van der Waals surface area (Å²) in [5, 5.41) is 2.79. The normalized spacial score (nSPS) is 10.1. The molecular formula is C20H16INO3. The number of hydrogen-bond acceptors (Lipinski definition) is 3. The van der Waals surface area contributed by atoms with Crippen LogP contribution in [-0.2, 0) is 4.79 Å². The van der Waals surface area contributed by atoms with Gasteiger partial charge in [-0.1, -0.05) is 18.2 Å². The zero-order chi connectivity index (χ0) is 17.5. The molecule has 3 aromatic rings. The molecule has 0 saturated heterocycles. The van der Waals surface area contributed by atoms with Gasteiger partial charge in [-0.05, 0) is 83.3 Å². The van der Waals surface area contributed by atoms with E-state index in [9.17, 15) is 4.79 Å². The summed E-state index contributed by atoms with van der Waals surface area (Å²) >= 11 is 2.22. The van der Waals surface area contributed by atoms with E-state index >= 15 is 0 Å². The molecule has 3 aromatic carbocycles. The molecule has 5 heteroatoms. The van der Waals surface area contributed by atoms with Crippen LogP contribution >= 0.6 is 22.6 Å². The van der Waals surface area contributed by atoms with Crippen molar-refractivity contribution >= 4 is 34.2 Å². The zero-order valence-corrected chi connectivity index (χ0v) is 15.5. The average Bonchev–Trinajstić information content (AvgIpc) is 2.64. The van der Waals surface area contributed by atoms with Crippen LogP contribution < -0.4 is 14.8 Å². The molecule has 0 aliphatic rings. The van der Waals surface area contributed by atoms with Gasteiger partial charge < -0.3 is 14.8 Å². The lowest BCUT2D eigenvalue weighted by Crippen LogP contribution is -2.20. The molecule has 0 aliphatic carbocycles. The highest BCUT2D eigenvalue weighted by Gasteiger charge is 2.04. The van der Waals surface area contributed by atoms with Crippen molar-refractivity contribution in [3.05, 3.63) is 82.4 Å². The maximum atomic E-state index is 11.9. The molecule has 0 unspecified atom stereocenters. The summed E-state index contributed by atoms with van der Waals surface area (Å²) in [6.07, 6.45) is 0. The number of ether oxygens (including phenoxy) is 2. The van der Waals surface area contributed by atoms with Gasteiger partial charge in [0.25, 0.3) is 5.91 Å². The number of carbonyl (C=O) groups excluding carboxylic acids is 1. The lowest BCUT2D eigenvalue weighted by Gasteiger charge is -2.09. The van der Waals surface area contributed by atoms with Crippen molar-refractivity contribution in [3.8, 4) is 17.2 Å². The molecule has 3 rings (SSSR count). The Balaban J connectivity index is 1.49. The average molecular weight is 445 g/mol. The maximum Gasteiger partial charge on any atom is 0.262 e. The van der Waals surface area contributed by atoms with Crippen molar-refractivity contribution in [2.45, 2.75) is 0 Å². The molecule has 0 bridgehead atoms. The van der Waals surface area contributed by atoms with Crippen molar-refractivity contribution in [1.29, 1.82) is 0 Å². The Morgan fingerprint density at radius 3 is 2.08 bits per heavy atom. The molecule has 0 fully saturated rings. The number of anilines is 1. The predicted octanol–water partition coefficient (Wildman–Crippen LogP) is 5.10. The van der Waals surface area contributed by atoms with Crippen LogP contribution in [0.4, 0.5) is 5.69 Å². The number of amides is 1. The molecule has 0 aromatic heterocycles. The summed E-state index contributed by atoms with van der Waals surface area (Å²) in [5.74, 6) is 1.89. The number of nitrogens with one attached hydrogen (secondary N) is 1. The highest BCUT2D eigenvalue weighted by atomic mass is 127. The molecule has 0 saturated carbocycles. The third-order valence-electron chi connectivity index (χ3n) is 3.30. The van der Waals surface area contributed by atoms with Gasteiger partial charge in [0.15, 0.2) is 6.61 Å². The summed E-state index contributed by atoms with van der Waals surface area (Å²) in [7, 11) is 0. The Kier molecular flexibility index (Phi) is 5.90. The summed E-state index contributed by atoms with van der Waals surface area (Å²) in [6, 6.07) is 24.3. The number of rotatable bonds is 6. The van der Waals surface area contributed by atoms with E-state index in [1.807, 2.05) is 54.6 Å². The van der Waals surface area contributed by atoms with Crippen LogP contribution in [0.1, 0.15) is 0 Å². The van der Waals surface area contributed by atoms with E-state index in [1.165, 1.54) is 0 Å². The van der Waals surface area contributed by atoms with Crippen molar-refractivity contribution in [2.75, 3.05) is 11.9 Å². The van der Waals surface area contributed by atoms with Gasteiger partial charge in [0, 0.05) is 9.26 Å². The number of benzene rings is 3. The lowest BCUT2D eigenvalue weighted by atomic mass is 10.3. The van der Waals surface area contributed by atoms with Crippen molar-refractivity contribution in [3.63, 3.8) is 0 Å². The molecule has 4 nitrogen and oxygen atoms in total. The van der Waals surface area contributed by atoms with Gasteiger partial charge in [-0.25, -0.2) is 0 Å². The molecule has 0 spiro atoms. The smallest absolute Gasteiger partial charge is 0.262 e. The molecule has 1 N–H and O–H groups in total. The second-order valence-corrected chi connectivity index (χ2v) is 6.48. The van der Waals surface area contributed by atoms with Gasteiger partial charge >= 0.3 is 0 Å². The predicted molar refractivity (Wildman–Crippen MR) is 106 cm³/mol. The van der Waals surface area contributed by atoms with E-state index in [0.29, 0.717) is 11.5 Å². The fourth-order valence-corrected chi connectivity index (χ4v) is 2.47. The van der Waals surface area contributed by atoms with E-state index in [0.717, 1.165) is 15.0 Å². The number of para-hydroxylation sites is 1. The Hall–Kier alpha value is -2.54. The van der Waals surface area contributed by atoms with Crippen LogP contribution in [0.15, 0.2) is 78.9 Å². The highest BCUT2D eigenvalue weighted by Crippen LogP contribution is 2.23. The summed E-state index contributed by atoms with van der Waals surface area (Å²) < 4.78 is 12.3. The molecule has 0 aliphatic heterocycles. The second kappa shape index (κ2) is 8.53. The summed E-state index contributed by atoms with van der Waals surface area (Å²) in [5.41, 5.74) is 0.751. The monoisotopic (exact) mass is 445 g/mol. The van der Waals surface area contributed by atoms with E-state index in [-0.39, 0.29) is 12.5 Å². The first-order valence-electron chi connectivity index (χ1n) is 7.70. The minimum Gasteiger partial charge on any atom is -0.484 e. The van der Waals surface area contributed by atoms with Gasteiger partial charge in [-0.15, -0.1) is 0 Å². The van der Waals surface area contributed by atoms with Crippen LogP contribution in [0.2, 0.25) is 0 Å². The highest BCUT2D eigenvalue weighted by molar-refractivity contribution is 14.1. The van der Waals surface area contributed by atoms with Crippen LogP contribution in [-0.4, -0.2) is 12.5 Å². The number of hydrogen-bond donors (Lipinski definition) is 1. The standard InChI is InChI=1S/C20H16INO3/c21-15-6-8-16(9-7-15)22-20(23)14-24-17-10-12-19(13-11-17)25-18-4-2-1-3-5-18/h1-13H,14H2,(H,22,23). The van der Waals surface area contributed by atoms with Crippen LogP contribution in [0, 0.1) is 3.57 Å². The van der Waals surface area contributed by atoms with E-state index in [1.54, 1.807) is 24.3 Å². The summed E-state index contributed by atoms with van der Waals surface area (Å²) in [6.45, 7) is -0.0507. The number of carbonyl (C=O) groups is 1. The minimum absolute atomic E-state index is 0.0507. The van der Waals surface area contributed by atoms with Crippen LogP contribution in [0.25, 0.3) is 0 Å². The maximum absolute atomic E-state index is 11.9. The zero-order valence-electron chi connectivity index (χ0n) is 13.3. The summed E-state index contributed by atoms with van der Waals surface area (Å²) in [4.78, 5) is 11.9. The molecule has 0 radical (unpaired) electrons. The molecular weight excluding hydrogens is 429 g/mol. The van der Waals surface area contributed by atoms with Crippen molar-refractivity contribution < 1.29 is 14.3 Å². The van der Waals surface area contributed by atoms with E-state index < -0.39 is 0 Å². The SMILES string of the molecule is O=C(COc1ccc(Oc2ccccc2)cc1)Nc1ccc(I)cc1. The Morgan fingerprint density at radius 1 is 0.800 bits per heavy atom. The van der Waals surface area contributed by atoms with Crippen LogP contribution in [0.5, 0.6) is 17.2 Å². The fraction of sp³-hybridized carbons (Fsp3) is 0.0500. The Morgan fingerprint density at radius 2 is 1.40 bits per heavy atom. The van der Waals surface area contributed by atoms with Crippen molar-refractivity contribution in [2.24, 2.45) is 0 Å². The van der Waals surface area contributed by atoms with E-state index in [4.69, 9.17) is 9.47 Å². The largest absolute Gasteiger partial charge is 0.484 e. The van der Waals surface area contributed by atoms with Gasteiger partial charge in [-0.2, -0.15) is 0 Å². The van der Waals surface area contributed by atoms with Crippen molar-refractivity contribution in [1.82, 2.24) is 0 Å². The molecule has 126 valence electrons. The van der Waals surface area contributed by atoms with Gasteiger partial charge in [0.2, 0.25) is 0 Å². The first-order valence-corrected chi connectivity index (χ1v) is 8.78. The minimum atomic E-state index is -0.203. The second-order valence-electron chi connectivity index (χ2n) is 5.23. The molecule has 0 atom stereocenters. The van der Waals surface area contributed by atoms with Gasteiger partial charge in [0.05, 0.1) is 0 Å². The lowest BCUT2D eigenvalue weighted by molar-refractivity contribution is -0.118. The fourth-order valence-electron chi connectivity index (χ4n) is 2.11. The first-order chi connectivity index (χ1) is 12.2. The molecule has 0 heterocycles.